The molecule has 0 spiro atoms. The second-order valence-corrected chi connectivity index (χ2v) is 0.332. The number of hydrogen-bond donors (Lipinski definition) is 0. The molecule has 0 saturated carbocycles. The lowest BCUT2D eigenvalue weighted by molar-refractivity contribution is -0.126. The summed E-state index contributed by atoms with van der Waals surface area (Å²) >= 11 is 0. The number of rotatable bonds is 1. The number of methoxy groups -OCH3 is 1. The molecular formula is C2H5IO2. The van der Waals surface area contributed by atoms with Gasteiger partial charge in [-0.2, -0.15) is 0 Å². The molecule has 32 valence electrons. The van der Waals surface area contributed by atoms with Gasteiger partial charge in [0.15, 0.2) is 0 Å². The van der Waals surface area contributed by atoms with Gasteiger partial charge in [-0.05, 0) is 0 Å². The first kappa shape index (κ1) is 8.96. The molecule has 0 aromatic rings. The van der Waals surface area contributed by atoms with E-state index in [1.165, 1.54) is 7.11 Å². The van der Waals surface area contributed by atoms with Crippen molar-refractivity contribution < 1.29 is 9.53 Å². The summed E-state index contributed by atoms with van der Waals surface area (Å²) in [4.78, 5) is 8.95. The van der Waals surface area contributed by atoms with E-state index in [2.05, 4.69) is 4.74 Å². The maximum atomic E-state index is 8.95. The molecule has 0 aliphatic rings. The quantitative estimate of drug-likeness (QED) is 0.440. The molecule has 0 fully saturated rings. The Hall–Kier alpha value is 0.200. The topological polar surface area (TPSA) is 26.3 Å². The Kier molecular flexibility index (Phi) is 15.9. The molecule has 0 aliphatic carbocycles. The van der Waals surface area contributed by atoms with Crippen LogP contribution < -0.4 is 0 Å². The SMILES string of the molecule is COC=O.I. The average molecular weight is 188 g/mol. The fourth-order valence-electron chi connectivity index (χ4n) is 0. The van der Waals surface area contributed by atoms with Gasteiger partial charge in [0.05, 0.1) is 7.11 Å². The van der Waals surface area contributed by atoms with Crippen molar-refractivity contribution in [1.82, 2.24) is 0 Å². The maximum Gasteiger partial charge on any atom is 0.292 e. The van der Waals surface area contributed by atoms with E-state index >= 15 is 0 Å². The van der Waals surface area contributed by atoms with Crippen molar-refractivity contribution in [2.45, 2.75) is 0 Å². The summed E-state index contributed by atoms with van der Waals surface area (Å²) < 4.78 is 3.86. The molecule has 0 amide bonds. The number of halogens is 1. The minimum absolute atomic E-state index is 0. The highest BCUT2D eigenvalue weighted by Gasteiger charge is 1.44. The molecule has 5 heavy (non-hydrogen) atoms. The largest absolute Gasteiger partial charge is 0.471 e. The molecular weight excluding hydrogens is 183 g/mol. The third kappa shape index (κ3) is 14.1. The highest BCUT2D eigenvalue weighted by Crippen LogP contribution is 1.35. The molecule has 0 unspecified atom stereocenters. The van der Waals surface area contributed by atoms with Gasteiger partial charge in [-0.3, -0.25) is 4.79 Å². The normalized spacial score (nSPS) is 4.20. The third-order valence-electron chi connectivity index (χ3n) is 0.0962. The van der Waals surface area contributed by atoms with E-state index in [1.54, 1.807) is 0 Å². The zero-order valence-corrected chi connectivity index (χ0v) is 5.13. The second-order valence-electron chi connectivity index (χ2n) is 0.332. The number of carbonyl (C=O) groups excluding carboxylic acids is 1. The molecule has 3 heteroatoms. The summed E-state index contributed by atoms with van der Waals surface area (Å²) in [6.07, 6.45) is 0. The fraction of sp³-hybridized carbons (Fsp3) is 0.500. The highest BCUT2D eigenvalue weighted by molar-refractivity contribution is 14.0. The third-order valence-corrected chi connectivity index (χ3v) is 0.0962. The monoisotopic (exact) mass is 188 g/mol. The van der Waals surface area contributed by atoms with Crippen molar-refractivity contribution in [2.75, 3.05) is 7.11 Å². The van der Waals surface area contributed by atoms with Gasteiger partial charge in [-0.15, -0.1) is 24.0 Å². The molecule has 0 aliphatic heterocycles. The van der Waals surface area contributed by atoms with E-state index in [4.69, 9.17) is 4.79 Å². The van der Waals surface area contributed by atoms with Crippen LogP contribution in [0.25, 0.3) is 0 Å². The zero-order valence-electron chi connectivity index (χ0n) is 2.80. The van der Waals surface area contributed by atoms with Gasteiger partial charge in [0.1, 0.15) is 0 Å². The van der Waals surface area contributed by atoms with Crippen LogP contribution in [0.5, 0.6) is 0 Å². The molecule has 0 aromatic carbocycles. The molecule has 2 nitrogen and oxygen atoms in total. The molecule has 0 rings (SSSR count). The smallest absolute Gasteiger partial charge is 0.292 e. The van der Waals surface area contributed by atoms with Gasteiger partial charge in [-0.1, -0.05) is 0 Å². The summed E-state index contributed by atoms with van der Waals surface area (Å²) in [5, 5.41) is 0. The average Bonchev–Trinajstić information content (AvgIpc) is 1.37. The van der Waals surface area contributed by atoms with Crippen molar-refractivity contribution in [2.24, 2.45) is 0 Å². The molecule has 0 atom stereocenters. The predicted octanol–water partition coefficient (Wildman–Crippen LogP) is 0.407. The lowest BCUT2D eigenvalue weighted by Gasteiger charge is -1.67. The van der Waals surface area contributed by atoms with Crippen LogP contribution in [0.2, 0.25) is 0 Å². The molecule has 0 radical (unpaired) electrons. The Morgan fingerprint density at radius 2 is 2.00 bits per heavy atom. The Bertz CT molecular complexity index is 21.6. The number of ether oxygens (including phenoxy) is 1. The van der Waals surface area contributed by atoms with E-state index in [-0.39, 0.29) is 24.0 Å². The summed E-state index contributed by atoms with van der Waals surface area (Å²) in [7, 11) is 1.31. The van der Waals surface area contributed by atoms with Crippen LogP contribution >= 0.6 is 24.0 Å². The van der Waals surface area contributed by atoms with Gasteiger partial charge < -0.3 is 4.74 Å². The van der Waals surface area contributed by atoms with Crippen molar-refractivity contribution in [1.29, 1.82) is 0 Å². The Morgan fingerprint density at radius 3 is 2.00 bits per heavy atom. The highest BCUT2D eigenvalue weighted by atomic mass is 127. The van der Waals surface area contributed by atoms with Crippen molar-refractivity contribution in [3.8, 4) is 0 Å². The van der Waals surface area contributed by atoms with Gasteiger partial charge in [0.25, 0.3) is 6.47 Å². The van der Waals surface area contributed by atoms with Crippen molar-refractivity contribution in [3.63, 3.8) is 0 Å². The Morgan fingerprint density at radius 1 is 1.80 bits per heavy atom. The first-order valence-electron chi connectivity index (χ1n) is 0.880. The van der Waals surface area contributed by atoms with Gasteiger partial charge in [0.2, 0.25) is 0 Å². The second kappa shape index (κ2) is 8.89. The standard InChI is InChI=1S/C2H4O2.HI/c1-4-2-3;/h2H,1H3;1H. The molecule has 0 aromatic heterocycles. The summed E-state index contributed by atoms with van der Waals surface area (Å²) in [6, 6.07) is 0. The molecule has 0 saturated heterocycles. The Balaban J connectivity index is 0. The van der Waals surface area contributed by atoms with Crippen LogP contribution in [0.1, 0.15) is 0 Å². The minimum Gasteiger partial charge on any atom is -0.471 e. The van der Waals surface area contributed by atoms with E-state index in [0.717, 1.165) is 0 Å². The van der Waals surface area contributed by atoms with E-state index in [9.17, 15) is 0 Å². The summed E-state index contributed by atoms with van der Waals surface area (Å²) in [5.41, 5.74) is 0. The maximum absolute atomic E-state index is 8.95. The fourth-order valence-corrected chi connectivity index (χ4v) is 0. The van der Waals surface area contributed by atoms with Crippen LogP contribution in [0.3, 0.4) is 0 Å². The molecule has 0 heterocycles. The lowest BCUT2D eigenvalue weighted by Crippen LogP contribution is -1.68. The van der Waals surface area contributed by atoms with Crippen LogP contribution in [-0.4, -0.2) is 13.6 Å². The molecule has 0 bridgehead atoms. The van der Waals surface area contributed by atoms with Gasteiger partial charge in [0, 0.05) is 0 Å². The Labute approximate surface area is 47.5 Å². The van der Waals surface area contributed by atoms with Crippen molar-refractivity contribution in [3.05, 3.63) is 0 Å². The first-order valence-corrected chi connectivity index (χ1v) is 0.880. The van der Waals surface area contributed by atoms with Crippen LogP contribution in [-0.2, 0) is 9.53 Å². The van der Waals surface area contributed by atoms with Crippen LogP contribution in [0.4, 0.5) is 0 Å². The van der Waals surface area contributed by atoms with Gasteiger partial charge in [-0.25, -0.2) is 0 Å². The lowest BCUT2D eigenvalue weighted by atomic mass is 11.5. The zero-order chi connectivity index (χ0) is 3.41. The van der Waals surface area contributed by atoms with E-state index < -0.39 is 0 Å². The van der Waals surface area contributed by atoms with Crippen molar-refractivity contribution >= 4 is 30.4 Å². The van der Waals surface area contributed by atoms with Crippen LogP contribution in [0, 0.1) is 0 Å². The number of hydrogen-bond acceptors (Lipinski definition) is 2. The minimum atomic E-state index is 0. The first-order chi connectivity index (χ1) is 1.91. The van der Waals surface area contributed by atoms with E-state index in [1.807, 2.05) is 0 Å². The number of carbonyl (C=O) groups is 1. The van der Waals surface area contributed by atoms with E-state index in [0.29, 0.717) is 6.47 Å². The predicted molar refractivity (Wildman–Crippen MR) is 28.5 cm³/mol. The molecule has 0 N–H and O–H groups in total. The van der Waals surface area contributed by atoms with Crippen LogP contribution in [0.15, 0.2) is 0 Å². The summed E-state index contributed by atoms with van der Waals surface area (Å²) in [5.74, 6) is 0. The summed E-state index contributed by atoms with van der Waals surface area (Å²) in [6.45, 7) is 0.375. The van der Waals surface area contributed by atoms with Gasteiger partial charge >= 0.3 is 0 Å².